The minimum Gasteiger partial charge on any atom is -0.462 e. The Morgan fingerprint density at radius 2 is 0.519 bits per heavy atom. The van der Waals surface area contributed by atoms with Crippen molar-refractivity contribution in [2.24, 2.45) is 0 Å². The highest BCUT2D eigenvalue weighted by Crippen LogP contribution is 2.17. The molecule has 454 valence electrons. The van der Waals surface area contributed by atoms with Crippen LogP contribution in [0.2, 0.25) is 0 Å². The molecule has 0 heterocycles. The van der Waals surface area contributed by atoms with E-state index in [4.69, 9.17) is 14.2 Å². The van der Waals surface area contributed by atoms with Crippen LogP contribution in [0.5, 0.6) is 0 Å². The monoisotopic (exact) mass is 1100 g/mol. The molecule has 0 saturated carbocycles. The van der Waals surface area contributed by atoms with Crippen molar-refractivity contribution in [2.45, 2.75) is 335 Å². The lowest BCUT2D eigenvalue weighted by atomic mass is 10.0. The van der Waals surface area contributed by atoms with Crippen LogP contribution in [0, 0.1) is 0 Å². The summed E-state index contributed by atoms with van der Waals surface area (Å²) in [6.45, 7) is 6.46. The summed E-state index contributed by atoms with van der Waals surface area (Å²) in [6, 6.07) is 0. The lowest BCUT2D eigenvalue weighted by Crippen LogP contribution is -2.30. The normalized spacial score (nSPS) is 12.7. The summed E-state index contributed by atoms with van der Waals surface area (Å²) < 4.78 is 16.9. The Morgan fingerprint density at radius 3 is 0.823 bits per heavy atom. The first kappa shape index (κ1) is 75.3. The molecule has 0 aliphatic rings. The number of rotatable bonds is 61. The Morgan fingerprint density at radius 1 is 0.266 bits per heavy atom. The molecule has 0 aromatic heterocycles. The minimum atomic E-state index is -0.792. The minimum absolute atomic E-state index is 0.0864. The van der Waals surface area contributed by atoms with E-state index < -0.39 is 6.10 Å². The van der Waals surface area contributed by atoms with E-state index in [0.29, 0.717) is 19.3 Å². The van der Waals surface area contributed by atoms with Gasteiger partial charge >= 0.3 is 17.9 Å². The first-order chi connectivity index (χ1) is 39.0. The van der Waals surface area contributed by atoms with Crippen molar-refractivity contribution in [3.63, 3.8) is 0 Å². The largest absolute Gasteiger partial charge is 0.462 e. The summed E-state index contributed by atoms with van der Waals surface area (Å²) in [5.74, 6) is -0.904. The molecule has 6 heteroatoms. The molecule has 0 aliphatic heterocycles. The van der Waals surface area contributed by atoms with E-state index in [0.717, 1.165) is 135 Å². The molecule has 0 rings (SSSR count). The number of carbonyl (C=O) groups is 3. The van der Waals surface area contributed by atoms with E-state index in [1.165, 1.54) is 154 Å². The van der Waals surface area contributed by atoms with Gasteiger partial charge in [0.15, 0.2) is 6.10 Å². The maximum Gasteiger partial charge on any atom is 0.306 e. The molecular formula is C73H126O6. The zero-order chi connectivity index (χ0) is 57.1. The molecule has 0 saturated heterocycles. The quantitative estimate of drug-likeness (QED) is 0.0261. The van der Waals surface area contributed by atoms with Gasteiger partial charge in [0.25, 0.3) is 0 Å². The highest BCUT2D eigenvalue weighted by Gasteiger charge is 2.19. The first-order valence-electron chi connectivity index (χ1n) is 33.7. The van der Waals surface area contributed by atoms with E-state index in [2.05, 4.69) is 118 Å². The number of ether oxygens (including phenoxy) is 3. The van der Waals surface area contributed by atoms with Gasteiger partial charge in [-0.1, -0.05) is 291 Å². The van der Waals surface area contributed by atoms with Crippen molar-refractivity contribution in [1.29, 1.82) is 0 Å². The topological polar surface area (TPSA) is 78.9 Å². The Bertz CT molecular complexity index is 1540. The molecule has 1 atom stereocenters. The zero-order valence-corrected chi connectivity index (χ0v) is 52.1. The third kappa shape index (κ3) is 65.0. The van der Waals surface area contributed by atoms with Gasteiger partial charge in [-0.05, 0) is 116 Å². The van der Waals surface area contributed by atoms with Crippen LogP contribution in [0.4, 0.5) is 0 Å². The van der Waals surface area contributed by atoms with E-state index in [9.17, 15) is 14.4 Å². The molecule has 0 bridgehead atoms. The summed E-state index contributed by atoms with van der Waals surface area (Å²) in [7, 11) is 0. The predicted octanol–water partition coefficient (Wildman–Crippen LogP) is 23.2. The van der Waals surface area contributed by atoms with Crippen LogP contribution in [-0.4, -0.2) is 37.2 Å². The molecule has 0 amide bonds. The van der Waals surface area contributed by atoms with Crippen LogP contribution in [-0.2, 0) is 28.6 Å². The first-order valence-corrected chi connectivity index (χ1v) is 33.7. The Kier molecular flexibility index (Phi) is 63.7. The van der Waals surface area contributed by atoms with Crippen molar-refractivity contribution in [3.05, 3.63) is 97.2 Å². The molecular weight excluding hydrogens is 973 g/mol. The maximum atomic E-state index is 12.9. The summed E-state index contributed by atoms with van der Waals surface area (Å²) in [6.07, 6.45) is 90.0. The SMILES string of the molecule is CC/C=C\C/C=C\C/C=C\C/C=C\CCCCCCCCC(=O)OC(COC(=O)CCCCCCC/C=C\C/C=C\CCC)COC(=O)CCCCCCCCCCCCCCCCCCC/C=C\C/C=C\CCCCCCC. The molecule has 0 radical (unpaired) electrons. The number of unbranched alkanes of at least 4 members (excludes halogenated alkanes) is 34. The van der Waals surface area contributed by atoms with Gasteiger partial charge in [0.05, 0.1) is 0 Å². The molecule has 0 N–H and O–H groups in total. The fraction of sp³-hybridized carbons (Fsp3) is 0.740. The standard InChI is InChI=1S/C73H126O6/c1-4-7-10-13-16-19-22-25-27-29-31-32-33-34-35-36-37-38-39-40-42-43-45-48-51-54-57-60-63-66-72(75)78-69-70(68-77-71(74)65-62-59-56-53-50-47-24-21-18-15-12-9-6-3)79-73(76)67-64-61-58-55-52-49-46-44-41-30-28-26-23-20-17-14-11-8-5-2/h8,11-12,15,17,20-22,24-26,28-29,31,41,44,70H,4-7,9-10,13-14,16,18-19,23,27,30,32-40,42-43,45-69H2,1-3H3/b11-8-,15-12-,20-17-,24-21-,25-22-,28-26-,31-29-,44-41-. The molecule has 0 aromatic rings. The number of hydrogen-bond donors (Lipinski definition) is 0. The van der Waals surface area contributed by atoms with Crippen molar-refractivity contribution >= 4 is 17.9 Å². The van der Waals surface area contributed by atoms with Gasteiger partial charge in [0, 0.05) is 19.3 Å². The van der Waals surface area contributed by atoms with E-state index in [-0.39, 0.29) is 31.1 Å². The highest BCUT2D eigenvalue weighted by molar-refractivity contribution is 5.71. The number of hydrogen-bond acceptors (Lipinski definition) is 6. The van der Waals surface area contributed by atoms with Crippen LogP contribution >= 0.6 is 0 Å². The molecule has 79 heavy (non-hydrogen) atoms. The molecule has 0 aliphatic carbocycles. The predicted molar refractivity (Wildman–Crippen MR) is 344 cm³/mol. The van der Waals surface area contributed by atoms with Crippen LogP contribution in [0.3, 0.4) is 0 Å². The highest BCUT2D eigenvalue weighted by atomic mass is 16.6. The molecule has 1 unspecified atom stereocenters. The smallest absolute Gasteiger partial charge is 0.306 e. The number of carbonyl (C=O) groups excluding carboxylic acids is 3. The molecule has 0 spiro atoms. The second-order valence-corrected chi connectivity index (χ2v) is 22.3. The summed E-state index contributed by atoms with van der Waals surface area (Å²) >= 11 is 0. The van der Waals surface area contributed by atoms with E-state index in [1.54, 1.807) is 0 Å². The third-order valence-corrected chi connectivity index (χ3v) is 14.5. The van der Waals surface area contributed by atoms with Gasteiger partial charge in [0.1, 0.15) is 13.2 Å². The zero-order valence-electron chi connectivity index (χ0n) is 52.1. The summed E-state index contributed by atoms with van der Waals surface area (Å²) in [5.41, 5.74) is 0. The van der Waals surface area contributed by atoms with E-state index in [1.807, 2.05) is 0 Å². The fourth-order valence-electron chi connectivity index (χ4n) is 9.50. The molecule has 6 nitrogen and oxygen atoms in total. The van der Waals surface area contributed by atoms with Gasteiger partial charge in [-0.2, -0.15) is 0 Å². The van der Waals surface area contributed by atoms with Gasteiger partial charge in [-0.3, -0.25) is 14.4 Å². The number of allylic oxidation sites excluding steroid dienone is 16. The van der Waals surface area contributed by atoms with Crippen LogP contribution in [0.25, 0.3) is 0 Å². The fourth-order valence-corrected chi connectivity index (χ4v) is 9.50. The van der Waals surface area contributed by atoms with Crippen LogP contribution in [0.1, 0.15) is 329 Å². The van der Waals surface area contributed by atoms with Gasteiger partial charge in [-0.25, -0.2) is 0 Å². The average Bonchev–Trinajstić information content (AvgIpc) is 3.45. The van der Waals surface area contributed by atoms with Crippen LogP contribution < -0.4 is 0 Å². The average molecular weight is 1100 g/mol. The summed E-state index contributed by atoms with van der Waals surface area (Å²) in [4.78, 5) is 38.3. The lowest BCUT2D eigenvalue weighted by Gasteiger charge is -2.18. The Labute approximate surface area is 489 Å². The number of esters is 3. The molecule has 0 fully saturated rings. The second-order valence-electron chi connectivity index (χ2n) is 22.3. The lowest BCUT2D eigenvalue weighted by molar-refractivity contribution is -0.167. The van der Waals surface area contributed by atoms with Gasteiger partial charge in [0.2, 0.25) is 0 Å². The van der Waals surface area contributed by atoms with Crippen LogP contribution in [0.15, 0.2) is 97.2 Å². The van der Waals surface area contributed by atoms with Crippen molar-refractivity contribution < 1.29 is 28.6 Å². The third-order valence-electron chi connectivity index (χ3n) is 14.5. The Hall–Kier alpha value is -3.67. The molecule has 0 aromatic carbocycles. The van der Waals surface area contributed by atoms with Crippen molar-refractivity contribution in [1.82, 2.24) is 0 Å². The van der Waals surface area contributed by atoms with Crippen molar-refractivity contribution in [3.8, 4) is 0 Å². The maximum absolute atomic E-state index is 12.9. The van der Waals surface area contributed by atoms with Gasteiger partial charge in [-0.15, -0.1) is 0 Å². The second kappa shape index (κ2) is 66.8. The Balaban J connectivity index is 4.25. The van der Waals surface area contributed by atoms with Gasteiger partial charge < -0.3 is 14.2 Å². The van der Waals surface area contributed by atoms with E-state index >= 15 is 0 Å². The summed E-state index contributed by atoms with van der Waals surface area (Å²) in [5, 5.41) is 0. The van der Waals surface area contributed by atoms with Crippen molar-refractivity contribution in [2.75, 3.05) is 13.2 Å².